The van der Waals surface area contributed by atoms with E-state index in [0.717, 1.165) is 12.1 Å². The van der Waals surface area contributed by atoms with Gasteiger partial charge in [-0.3, -0.25) is 4.79 Å². The first kappa shape index (κ1) is 19.2. The second-order valence-corrected chi connectivity index (χ2v) is 4.80. The minimum atomic E-state index is -0.249. The van der Waals surface area contributed by atoms with Gasteiger partial charge in [0.2, 0.25) is 11.7 Å². The summed E-state index contributed by atoms with van der Waals surface area (Å²) in [6, 6.07) is 9.52. The normalized spacial score (nSPS) is 10.2. The van der Waals surface area contributed by atoms with Gasteiger partial charge in [-0.15, -0.1) is 12.4 Å². The predicted molar refractivity (Wildman–Crippen MR) is 91.0 cm³/mol. The lowest BCUT2D eigenvalue weighted by atomic mass is 10.2. The summed E-state index contributed by atoms with van der Waals surface area (Å²) < 4.78 is 10.5. The zero-order valence-corrected chi connectivity index (χ0v) is 14.1. The van der Waals surface area contributed by atoms with Crippen molar-refractivity contribution in [2.45, 2.75) is 6.92 Å². The number of carbonyl (C=O) groups excluding carboxylic acids is 1. The Morgan fingerprint density at radius 3 is 2.65 bits per heavy atom. The molecule has 2 rings (SSSR count). The number of nitrogens with zero attached hydrogens (tertiary/aromatic N) is 1. The summed E-state index contributed by atoms with van der Waals surface area (Å²) in [5, 5.41) is 5.96. The summed E-state index contributed by atoms with van der Waals surface area (Å²) in [6.07, 6.45) is 0. The molecule has 23 heavy (non-hydrogen) atoms. The Morgan fingerprint density at radius 2 is 1.96 bits per heavy atom. The molecule has 0 saturated carbocycles. The first-order chi connectivity index (χ1) is 10.7. The average molecular weight is 340 g/mol. The molecule has 0 saturated heterocycles. The highest BCUT2D eigenvalue weighted by Gasteiger charge is 2.17. The number of ether oxygens (including phenoxy) is 1. The van der Waals surface area contributed by atoms with Crippen molar-refractivity contribution in [2.24, 2.45) is 0 Å². The Kier molecular flexibility index (Phi) is 8.32. The van der Waals surface area contributed by atoms with Crippen molar-refractivity contribution in [3.05, 3.63) is 41.8 Å². The largest absolute Gasteiger partial charge is 0.431 e. The topological polar surface area (TPSA) is 76.4 Å². The van der Waals surface area contributed by atoms with Crippen LogP contribution < -0.4 is 10.6 Å². The molecule has 1 heterocycles. The first-order valence-electron chi connectivity index (χ1n) is 7.23. The molecule has 0 aliphatic carbocycles. The monoisotopic (exact) mass is 339 g/mol. The Hall–Kier alpha value is -1.89. The van der Waals surface area contributed by atoms with Gasteiger partial charge < -0.3 is 19.8 Å². The van der Waals surface area contributed by atoms with Gasteiger partial charge in [0, 0.05) is 32.3 Å². The summed E-state index contributed by atoms with van der Waals surface area (Å²) in [4.78, 5) is 16.4. The smallest absolute Gasteiger partial charge is 0.289 e. The van der Waals surface area contributed by atoms with Gasteiger partial charge in [0.25, 0.3) is 5.91 Å². The number of hydrogen-bond donors (Lipinski definition) is 2. The fourth-order valence-corrected chi connectivity index (χ4v) is 1.96. The number of amides is 1. The van der Waals surface area contributed by atoms with E-state index in [1.807, 2.05) is 30.3 Å². The number of aryl methyl sites for hydroxylation is 1. The molecule has 0 bridgehead atoms. The maximum Gasteiger partial charge on any atom is 0.289 e. The van der Waals surface area contributed by atoms with Crippen molar-refractivity contribution in [3.63, 3.8) is 0 Å². The molecule has 1 aromatic carbocycles. The van der Waals surface area contributed by atoms with E-state index in [9.17, 15) is 4.79 Å². The molecular weight excluding hydrogens is 318 g/mol. The molecule has 0 radical (unpaired) electrons. The van der Waals surface area contributed by atoms with Crippen LogP contribution >= 0.6 is 12.4 Å². The van der Waals surface area contributed by atoms with Crippen LogP contribution in [0.15, 0.2) is 34.7 Å². The molecule has 0 unspecified atom stereocenters. The molecule has 126 valence electrons. The van der Waals surface area contributed by atoms with Crippen LogP contribution in [0.3, 0.4) is 0 Å². The second kappa shape index (κ2) is 9.99. The summed E-state index contributed by atoms with van der Waals surface area (Å²) in [5.74, 6) is 0.470. The van der Waals surface area contributed by atoms with Crippen LogP contribution in [0.1, 0.15) is 16.2 Å². The molecule has 0 aliphatic heterocycles. The molecule has 0 aliphatic rings. The Morgan fingerprint density at radius 1 is 1.22 bits per heavy atom. The van der Waals surface area contributed by atoms with E-state index in [-0.39, 0.29) is 24.1 Å². The standard InChI is InChI=1S/C16H21N3O3.ClH/c1-12-14(15(20)18-9-8-17-10-11-21-2)22-16(19-12)13-6-4-3-5-7-13;/h3-7,17H,8-11H2,1-2H3,(H,18,20);1H. The summed E-state index contributed by atoms with van der Waals surface area (Å²) in [7, 11) is 1.65. The van der Waals surface area contributed by atoms with E-state index in [2.05, 4.69) is 15.6 Å². The number of methoxy groups -OCH3 is 1. The molecule has 0 atom stereocenters. The molecule has 6 nitrogen and oxygen atoms in total. The lowest BCUT2D eigenvalue weighted by Crippen LogP contribution is -2.33. The van der Waals surface area contributed by atoms with Gasteiger partial charge in [0.15, 0.2) is 0 Å². The minimum Gasteiger partial charge on any atom is -0.431 e. The predicted octanol–water partition coefficient (Wildman–Crippen LogP) is 2.04. The fourth-order valence-electron chi connectivity index (χ4n) is 1.96. The van der Waals surface area contributed by atoms with Crippen LogP contribution in [0.25, 0.3) is 11.5 Å². The molecule has 7 heteroatoms. The molecule has 1 aromatic heterocycles. The highest BCUT2D eigenvalue weighted by atomic mass is 35.5. The number of halogens is 1. The minimum absolute atomic E-state index is 0. The quantitative estimate of drug-likeness (QED) is 0.720. The maximum atomic E-state index is 12.1. The first-order valence-corrected chi connectivity index (χ1v) is 7.23. The van der Waals surface area contributed by atoms with Gasteiger partial charge in [-0.1, -0.05) is 18.2 Å². The van der Waals surface area contributed by atoms with Gasteiger partial charge in [-0.25, -0.2) is 4.98 Å². The van der Waals surface area contributed by atoms with Gasteiger partial charge in [-0.2, -0.15) is 0 Å². The lowest BCUT2D eigenvalue weighted by molar-refractivity contribution is 0.0926. The van der Waals surface area contributed by atoms with Crippen LogP contribution in [0.4, 0.5) is 0 Å². The third kappa shape index (κ3) is 5.67. The van der Waals surface area contributed by atoms with Crippen LogP contribution in [0, 0.1) is 6.92 Å². The van der Waals surface area contributed by atoms with Crippen molar-refractivity contribution in [2.75, 3.05) is 33.4 Å². The number of rotatable bonds is 8. The number of oxazole rings is 1. The molecular formula is C16H22ClN3O3. The van der Waals surface area contributed by atoms with Crippen molar-refractivity contribution >= 4 is 18.3 Å². The van der Waals surface area contributed by atoms with Gasteiger partial charge in [0.05, 0.1) is 12.3 Å². The number of nitrogens with one attached hydrogen (secondary N) is 2. The summed E-state index contributed by atoms with van der Waals surface area (Å²) in [5.41, 5.74) is 1.44. The number of aromatic nitrogens is 1. The van der Waals surface area contributed by atoms with Gasteiger partial charge in [-0.05, 0) is 19.1 Å². The van der Waals surface area contributed by atoms with Gasteiger partial charge in [0.1, 0.15) is 0 Å². The molecule has 1 amide bonds. The van der Waals surface area contributed by atoms with Crippen LogP contribution in [0.5, 0.6) is 0 Å². The van der Waals surface area contributed by atoms with E-state index >= 15 is 0 Å². The van der Waals surface area contributed by atoms with E-state index in [1.165, 1.54) is 0 Å². The second-order valence-electron chi connectivity index (χ2n) is 4.80. The van der Waals surface area contributed by atoms with E-state index in [1.54, 1.807) is 14.0 Å². The number of carbonyl (C=O) groups is 1. The molecule has 2 N–H and O–H groups in total. The number of benzene rings is 1. The third-order valence-corrected chi connectivity index (χ3v) is 3.09. The highest BCUT2D eigenvalue weighted by molar-refractivity contribution is 5.92. The molecule has 0 spiro atoms. The van der Waals surface area contributed by atoms with Gasteiger partial charge >= 0.3 is 0 Å². The van der Waals surface area contributed by atoms with E-state index in [4.69, 9.17) is 9.15 Å². The zero-order valence-electron chi connectivity index (χ0n) is 13.3. The Balaban J connectivity index is 0.00000264. The van der Waals surface area contributed by atoms with Crippen molar-refractivity contribution < 1.29 is 13.9 Å². The van der Waals surface area contributed by atoms with Crippen molar-refractivity contribution in [1.29, 1.82) is 0 Å². The summed E-state index contributed by atoms with van der Waals surface area (Å²) in [6.45, 7) is 4.36. The Bertz CT molecular complexity index is 602. The van der Waals surface area contributed by atoms with Crippen molar-refractivity contribution in [3.8, 4) is 11.5 Å². The van der Waals surface area contributed by atoms with Crippen LogP contribution in [-0.2, 0) is 4.74 Å². The zero-order chi connectivity index (χ0) is 15.8. The van der Waals surface area contributed by atoms with Crippen LogP contribution in [-0.4, -0.2) is 44.2 Å². The summed E-state index contributed by atoms with van der Waals surface area (Å²) >= 11 is 0. The number of hydrogen-bond acceptors (Lipinski definition) is 5. The SMILES string of the molecule is COCCNCCNC(=O)c1oc(-c2ccccc2)nc1C.Cl. The highest BCUT2D eigenvalue weighted by Crippen LogP contribution is 2.21. The van der Waals surface area contributed by atoms with Crippen LogP contribution in [0.2, 0.25) is 0 Å². The lowest BCUT2D eigenvalue weighted by Gasteiger charge is -2.05. The molecule has 2 aromatic rings. The maximum absolute atomic E-state index is 12.1. The molecule has 0 fully saturated rings. The fraction of sp³-hybridized carbons (Fsp3) is 0.375. The average Bonchev–Trinajstić information content (AvgIpc) is 2.93. The third-order valence-electron chi connectivity index (χ3n) is 3.09. The van der Waals surface area contributed by atoms with E-state index in [0.29, 0.717) is 31.3 Å². The van der Waals surface area contributed by atoms with E-state index < -0.39 is 0 Å². The van der Waals surface area contributed by atoms with Crippen molar-refractivity contribution in [1.82, 2.24) is 15.6 Å². The Labute approximate surface area is 142 Å².